The maximum atomic E-state index is 12.8. The van der Waals surface area contributed by atoms with Gasteiger partial charge in [0, 0.05) is 6.54 Å². The normalized spacial score (nSPS) is 10.9. The highest BCUT2D eigenvalue weighted by Gasteiger charge is 2.19. The molecular weight excluding hydrogens is 414 g/mol. The molecule has 0 aliphatic carbocycles. The van der Waals surface area contributed by atoms with E-state index in [1.54, 1.807) is 11.0 Å². The summed E-state index contributed by atoms with van der Waals surface area (Å²) in [6.45, 7) is 2.52. The fourth-order valence-electron chi connectivity index (χ4n) is 3.30. The smallest absolute Gasteiger partial charge is 0.260 e. The summed E-state index contributed by atoms with van der Waals surface area (Å²) in [5.74, 6) is 0.973. The van der Waals surface area contributed by atoms with Crippen molar-refractivity contribution in [1.82, 2.24) is 15.1 Å². The molecule has 0 fully saturated rings. The number of carbonyl (C=O) groups excluding carboxylic acids is 2. The quantitative estimate of drug-likeness (QED) is 0.358. The molecule has 31 heavy (non-hydrogen) atoms. The van der Waals surface area contributed by atoms with Crippen LogP contribution < -0.4 is 4.74 Å². The van der Waals surface area contributed by atoms with Crippen molar-refractivity contribution in [2.24, 2.45) is 0 Å². The molecule has 0 aliphatic rings. The van der Waals surface area contributed by atoms with Crippen LogP contribution in [0.2, 0.25) is 0 Å². The second-order valence-electron chi connectivity index (χ2n) is 6.90. The fraction of sp³-hybridized carbons (Fsp3) is 0.217. The first kappa shape index (κ1) is 20.7. The summed E-state index contributed by atoms with van der Waals surface area (Å²) in [5, 5.41) is 11.8. The van der Waals surface area contributed by atoms with Gasteiger partial charge in [0.2, 0.25) is 5.89 Å². The molecule has 0 aliphatic heterocycles. The van der Waals surface area contributed by atoms with Crippen LogP contribution in [0.25, 0.3) is 21.5 Å². The van der Waals surface area contributed by atoms with Crippen LogP contribution in [0.3, 0.4) is 0 Å². The van der Waals surface area contributed by atoms with Crippen LogP contribution in [0, 0.1) is 0 Å². The van der Waals surface area contributed by atoms with Crippen LogP contribution in [-0.4, -0.2) is 40.4 Å². The predicted molar refractivity (Wildman–Crippen MR) is 118 cm³/mol. The Morgan fingerprint density at radius 1 is 1.16 bits per heavy atom. The molecule has 8 heteroatoms. The minimum Gasteiger partial charge on any atom is -0.483 e. The largest absolute Gasteiger partial charge is 0.483 e. The van der Waals surface area contributed by atoms with Gasteiger partial charge in [-0.1, -0.05) is 43.3 Å². The molecule has 0 saturated carbocycles. The number of carbonyl (C=O) groups is 2. The molecule has 7 nitrogen and oxygen atoms in total. The molecule has 2 aromatic carbocycles. The Kier molecular flexibility index (Phi) is 6.37. The number of nitrogens with zero attached hydrogens (tertiary/aromatic N) is 3. The molecule has 0 saturated heterocycles. The third-order valence-corrected chi connectivity index (χ3v) is 5.63. The van der Waals surface area contributed by atoms with Crippen molar-refractivity contribution < 1.29 is 18.7 Å². The molecular formula is C23H21N3O4S. The van der Waals surface area contributed by atoms with Gasteiger partial charge in [-0.05, 0) is 34.7 Å². The van der Waals surface area contributed by atoms with E-state index >= 15 is 0 Å². The zero-order valence-electron chi connectivity index (χ0n) is 17.0. The van der Waals surface area contributed by atoms with Crippen molar-refractivity contribution in [3.63, 3.8) is 0 Å². The van der Waals surface area contributed by atoms with Crippen molar-refractivity contribution >= 4 is 34.3 Å². The maximum absolute atomic E-state index is 12.8. The molecule has 0 spiro atoms. The molecule has 1 amide bonds. The lowest BCUT2D eigenvalue weighted by Gasteiger charge is -2.20. The Hall–Kier alpha value is -3.52. The van der Waals surface area contributed by atoms with E-state index in [0.717, 1.165) is 28.4 Å². The van der Waals surface area contributed by atoms with E-state index in [-0.39, 0.29) is 19.1 Å². The predicted octanol–water partition coefficient (Wildman–Crippen LogP) is 4.58. The topological polar surface area (TPSA) is 85.5 Å². The number of hydrogen-bond donors (Lipinski definition) is 0. The molecule has 4 aromatic rings. The van der Waals surface area contributed by atoms with Gasteiger partial charge in [-0.25, -0.2) is 0 Å². The summed E-state index contributed by atoms with van der Waals surface area (Å²) < 4.78 is 11.4. The van der Waals surface area contributed by atoms with Crippen LogP contribution in [-0.2, 0) is 11.3 Å². The maximum Gasteiger partial charge on any atom is 0.260 e. The lowest BCUT2D eigenvalue weighted by atomic mass is 10.0. The van der Waals surface area contributed by atoms with Gasteiger partial charge < -0.3 is 14.1 Å². The fourth-order valence-corrected chi connectivity index (χ4v) is 3.94. The van der Waals surface area contributed by atoms with Crippen LogP contribution in [0.15, 0.2) is 58.3 Å². The SMILES string of the molecule is CCCN(Cc1nnc(-c2cccs2)o1)C(=O)COc1ccc2ccccc2c1C=O. The van der Waals surface area contributed by atoms with Crippen molar-refractivity contribution in [2.75, 3.05) is 13.2 Å². The van der Waals surface area contributed by atoms with Crippen molar-refractivity contribution in [2.45, 2.75) is 19.9 Å². The summed E-state index contributed by atoms with van der Waals surface area (Å²) >= 11 is 1.51. The van der Waals surface area contributed by atoms with Gasteiger partial charge >= 0.3 is 0 Å². The first-order valence-corrected chi connectivity index (χ1v) is 10.8. The van der Waals surface area contributed by atoms with Gasteiger partial charge in [0.25, 0.3) is 11.8 Å². The Labute approximate surface area is 183 Å². The lowest BCUT2D eigenvalue weighted by Crippen LogP contribution is -2.35. The zero-order chi connectivity index (χ0) is 21.6. The number of fused-ring (bicyclic) bond motifs is 1. The summed E-state index contributed by atoms with van der Waals surface area (Å²) in [4.78, 5) is 27.0. The number of aldehydes is 1. The van der Waals surface area contributed by atoms with Crippen LogP contribution in [0.1, 0.15) is 29.6 Å². The van der Waals surface area contributed by atoms with E-state index in [2.05, 4.69) is 10.2 Å². The highest BCUT2D eigenvalue weighted by molar-refractivity contribution is 7.13. The molecule has 0 radical (unpaired) electrons. The number of aromatic nitrogens is 2. The second-order valence-corrected chi connectivity index (χ2v) is 7.85. The van der Waals surface area contributed by atoms with Crippen molar-refractivity contribution in [3.05, 3.63) is 65.4 Å². The first-order chi connectivity index (χ1) is 15.2. The van der Waals surface area contributed by atoms with Gasteiger partial charge in [0.1, 0.15) is 5.75 Å². The molecule has 158 valence electrons. The number of benzene rings is 2. The van der Waals surface area contributed by atoms with E-state index in [9.17, 15) is 9.59 Å². The monoisotopic (exact) mass is 435 g/mol. The average Bonchev–Trinajstić information content (AvgIpc) is 3.48. The molecule has 2 aromatic heterocycles. The van der Waals surface area contributed by atoms with Crippen molar-refractivity contribution in [3.8, 4) is 16.5 Å². The average molecular weight is 436 g/mol. The van der Waals surface area contributed by atoms with Crippen LogP contribution in [0.5, 0.6) is 5.75 Å². The van der Waals surface area contributed by atoms with Gasteiger partial charge in [0.15, 0.2) is 12.9 Å². The van der Waals surface area contributed by atoms with E-state index < -0.39 is 0 Å². The van der Waals surface area contributed by atoms with E-state index in [1.807, 2.05) is 54.8 Å². The summed E-state index contributed by atoms with van der Waals surface area (Å²) in [7, 11) is 0. The second kappa shape index (κ2) is 9.53. The molecule has 2 heterocycles. The number of ether oxygens (including phenoxy) is 1. The standard InChI is InChI=1S/C23H21N3O4S/c1-2-11-26(13-21-24-25-23(30-21)20-8-5-12-31-20)22(28)15-29-19-10-9-16-6-3-4-7-17(16)18(19)14-27/h3-10,12,14H,2,11,13,15H2,1H3. The van der Waals surface area contributed by atoms with Gasteiger partial charge in [-0.2, -0.15) is 0 Å². The number of rotatable bonds is 9. The number of thiophene rings is 1. The molecule has 4 rings (SSSR count). The molecule has 0 bridgehead atoms. The zero-order valence-corrected chi connectivity index (χ0v) is 17.8. The van der Waals surface area contributed by atoms with Crippen LogP contribution >= 0.6 is 11.3 Å². The van der Waals surface area contributed by atoms with Gasteiger partial charge in [-0.15, -0.1) is 21.5 Å². The Balaban J connectivity index is 1.46. The Morgan fingerprint density at radius 3 is 2.81 bits per heavy atom. The van der Waals surface area contributed by atoms with E-state index in [0.29, 0.717) is 29.6 Å². The third-order valence-electron chi connectivity index (χ3n) is 4.77. The van der Waals surface area contributed by atoms with E-state index in [1.165, 1.54) is 11.3 Å². The Morgan fingerprint density at radius 2 is 2.03 bits per heavy atom. The first-order valence-electron chi connectivity index (χ1n) is 9.93. The minimum absolute atomic E-state index is 0.189. The highest BCUT2D eigenvalue weighted by atomic mass is 32.1. The third kappa shape index (κ3) is 4.64. The van der Waals surface area contributed by atoms with Crippen molar-refractivity contribution in [1.29, 1.82) is 0 Å². The van der Waals surface area contributed by atoms with Gasteiger partial charge in [0.05, 0.1) is 17.0 Å². The Bertz CT molecular complexity index is 1190. The van der Waals surface area contributed by atoms with Crippen LogP contribution in [0.4, 0.5) is 0 Å². The van der Waals surface area contributed by atoms with Gasteiger partial charge in [-0.3, -0.25) is 9.59 Å². The summed E-state index contributed by atoms with van der Waals surface area (Å²) in [6, 6.07) is 15.0. The lowest BCUT2D eigenvalue weighted by molar-refractivity contribution is -0.134. The summed E-state index contributed by atoms with van der Waals surface area (Å²) in [5.41, 5.74) is 0.436. The molecule has 0 atom stereocenters. The minimum atomic E-state index is -0.220. The molecule has 0 unspecified atom stereocenters. The highest BCUT2D eigenvalue weighted by Crippen LogP contribution is 2.27. The number of hydrogen-bond acceptors (Lipinski definition) is 7. The van der Waals surface area contributed by atoms with E-state index in [4.69, 9.17) is 9.15 Å². The molecule has 0 N–H and O–H groups in total. The summed E-state index contributed by atoms with van der Waals surface area (Å²) in [6.07, 6.45) is 1.53. The number of amides is 1.